The predicted molar refractivity (Wildman–Crippen MR) is 98.3 cm³/mol. The number of aliphatic carboxylic acids is 1. The van der Waals surface area contributed by atoms with E-state index < -0.39 is 12.1 Å². The lowest BCUT2D eigenvalue weighted by atomic mass is 9.53. The van der Waals surface area contributed by atoms with Gasteiger partial charge < -0.3 is 15.5 Å². The van der Waals surface area contributed by atoms with Gasteiger partial charge in [-0.25, -0.2) is 4.79 Å². The number of piperidine rings is 1. The van der Waals surface area contributed by atoms with Crippen LogP contribution in [0.4, 0.5) is 13.2 Å². The van der Waals surface area contributed by atoms with Crippen molar-refractivity contribution in [3.8, 4) is 5.75 Å². The highest BCUT2D eigenvalue weighted by atomic mass is 79.9. The van der Waals surface area contributed by atoms with E-state index in [0.717, 1.165) is 23.4 Å². The van der Waals surface area contributed by atoms with Crippen molar-refractivity contribution in [3.63, 3.8) is 0 Å². The molecule has 1 aromatic rings. The van der Waals surface area contributed by atoms with Crippen molar-refractivity contribution in [2.45, 2.75) is 56.2 Å². The van der Waals surface area contributed by atoms with Gasteiger partial charge in [0.1, 0.15) is 5.75 Å². The van der Waals surface area contributed by atoms with Gasteiger partial charge in [-0.05, 0) is 71.3 Å². The van der Waals surface area contributed by atoms with E-state index in [1.807, 2.05) is 6.07 Å². The van der Waals surface area contributed by atoms with Crippen LogP contribution in [0, 0.1) is 5.92 Å². The lowest BCUT2D eigenvalue weighted by molar-refractivity contribution is -0.192. The summed E-state index contributed by atoms with van der Waals surface area (Å²) in [5, 5.41) is 21.6. The summed E-state index contributed by atoms with van der Waals surface area (Å²) < 4.78 is 32.6. The molecular formula is C18H20BrClF3NO3. The minimum atomic E-state index is -5.08. The Kier molecular flexibility index (Phi) is 5.72. The van der Waals surface area contributed by atoms with Crippen molar-refractivity contribution >= 4 is 33.5 Å². The molecule has 3 aliphatic rings. The monoisotopic (exact) mass is 469 g/mol. The van der Waals surface area contributed by atoms with Gasteiger partial charge >= 0.3 is 12.1 Å². The molecule has 0 amide bonds. The fraction of sp³-hybridized carbons (Fsp3) is 0.611. The van der Waals surface area contributed by atoms with Gasteiger partial charge in [-0.3, -0.25) is 0 Å². The predicted octanol–water partition coefficient (Wildman–Crippen LogP) is 4.79. The molecular weight excluding hydrogens is 451 g/mol. The number of nitrogens with one attached hydrogen (secondary N) is 1. The van der Waals surface area contributed by atoms with Crippen LogP contribution in [0.3, 0.4) is 0 Å². The normalized spacial score (nSPS) is 29.1. The first-order valence-corrected chi connectivity index (χ1v) is 9.99. The van der Waals surface area contributed by atoms with E-state index in [9.17, 15) is 18.3 Å². The molecule has 1 aromatic carbocycles. The Morgan fingerprint density at radius 3 is 2.63 bits per heavy atom. The van der Waals surface area contributed by atoms with Crippen LogP contribution in [0.15, 0.2) is 10.5 Å². The number of alkyl halides is 3. The summed E-state index contributed by atoms with van der Waals surface area (Å²) in [7, 11) is 0. The SMILES string of the molecule is O=C(O)C(F)(F)F.Oc1c(Cl)cc2c(c1Br)[C@@]13CCCC[C@H]1[C@@H](C2)NCC3. The molecule has 9 heteroatoms. The average molecular weight is 471 g/mol. The fourth-order valence-electron chi connectivity index (χ4n) is 5.03. The van der Waals surface area contributed by atoms with Gasteiger partial charge in [0.05, 0.1) is 9.50 Å². The van der Waals surface area contributed by atoms with E-state index in [-0.39, 0.29) is 11.2 Å². The van der Waals surface area contributed by atoms with Crippen LogP contribution in [-0.2, 0) is 16.6 Å². The molecule has 3 atom stereocenters. The zero-order valence-electron chi connectivity index (χ0n) is 14.4. The molecule has 27 heavy (non-hydrogen) atoms. The van der Waals surface area contributed by atoms with Gasteiger partial charge in [0.15, 0.2) is 0 Å². The molecule has 1 heterocycles. The Bertz CT molecular complexity index is 754. The second-order valence-electron chi connectivity index (χ2n) is 7.38. The second kappa shape index (κ2) is 7.44. The third-order valence-corrected chi connectivity index (χ3v) is 7.08. The van der Waals surface area contributed by atoms with Crippen LogP contribution in [-0.4, -0.2) is 34.9 Å². The molecule has 0 radical (unpaired) electrons. The topological polar surface area (TPSA) is 69.6 Å². The minimum absolute atomic E-state index is 0.223. The van der Waals surface area contributed by atoms with Gasteiger partial charge in [0, 0.05) is 11.5 Å². The van der Waals surface area contributed by atoms with Gasteiger partial charge in [0.2, 0.25) is 0 Å². The quantitative estimate of drug-likeness (QED) is 0.510. The summed E-state index contributed by atoms with van der Waals surface area (Å²) in [6.45, 7) is 1.09. The van der Waals surface area contributed by atoms with Crippen LogP contribution in [0.25, 0.3) is 0 Å². The summed E-state index contributed by atoms with van der Waals surface area (Å²) in [5.41, 5.74) is 2.94. The van der Waals surface area contributed by atoms with Gasteiger partial charge in [-0.1, -0.05) is 24.4 Å². The maximum absolute atomic E-state index is 10.6. The Labute approximate surface area is 168 Å². The molecule has 3 N–H and O–H groups in total. The number of hydrogen-bond donors (Lipinski definition) is 3. The number of hydrogen-bond acceptors (Lipinski definition) is 3. The molecule has 0 aromatic heterocycles. The van der Waals surface area contributed by atoms with Gasteiger partial charge in [0.25, 0.3) is 0 Å². The number of phenolic OH excluding ortho intramolecular Hbond substituents is 1. The van der Waals surface area contributed by atoms with E-state index in [1.165, 1.54) is 43.2 Å². The molecule has 2 bridgehead atoms. The molecule has 1 saturated heterocycles. The number of carbonyl (C=O) groups is 1. The highest BCUT2D eigenvalue weighted by molar-refractivity contribution is 9.10. The largest absolute Gasteiger partial charge is 0.505 e. The zero-order chi connectivity index (χ0) is 20.0. The number of phenols is 1. The lowest BCUT2D eigenvalue weighted by Gasteiger charge is -2.56. The average Bonchev–Trinajstić information content (AvgIpc) is 2.59. The van der Waals surface area contributed by atoms with Crippen molar-refractivity contribution < 1.29 is 28.2 Å². The Balaban J connectivity index is 0.000000260. The Morgan fingerprint density at radius 2 is 2.00 bits per heavy atom. The zero-order valence-corrected chi connectivity index (χ0v) is 16.7. The standard InChI is InChI=1S/C16H19BrClNO.C2HF3O2/c17-14-13-9(7-11(18)15(14)20)8-12-10-3-1-2-4-16(10,13)5-6-19-12;3-2(4,5)1(6)7/h7,10,12,19-20H,1-6,8H2;(H,6,7)/t10-,12+,16+;/m0./s1. The maximum Gasteiger partial charge on any atom is 0.490 e. The van der Waals surface area contributed by atoms with Crippen molar-refractivity contribution in [1.82, 2.24) is 5.32 Å². The molecule has 150 valence electrons. The van der Waals surface area contributed by atoms with E-state index in [1.54, 1.807) is 0 Å². The van der Waals surface area contributed by atoms with Crippen LogP contribution in [0.5, 0.6) is 5.75 Å². The molecule has 2 aliphatic carbocycles. The smallest absolute Gasteiger partial charge is 0.490 e. The number of carboxylic acids is 1. The summed E-state index contributed by atoms with van der Waals surface area (Å²) in [5.74, 6) is -1.82. The number of carboxylic acid groups (broad SMARTS) is 1. The third kappa shape index (κ3) is 3.68. The van der Waals surface area contributed by atoms with E-state index in [0.29, 0.717) is 11.1 Å². The number of benzene rings is 1. The van der Waals surface area contributed by atoms with Gasteiger partial charge in [-0.2, -0.15) is 13.2 Å². The molecule has 4 nitrogen and oxygen atoms in total. The minimum Gasteiger partial charge on any atom is -0.505 e. The second-order valence-corrected chi connectivity index (χ2v) is 8.58. The number of fused-ring (bicyclic) bond motifs is 1. The Morgan fingerprint density at radius 1 is 1.33 bits per heavy atom. The fourth-order valence-corrected chi connectivity index (χ4v) is 6.23. The molecule has 1 saturated carbocycles. The lowest BCUT2D eigenvalue weighted by Crippen LogP contribution is -2.59. The molecule has 1 aliphatic heterocycles. The number of rotatable bonds is 0. The van der Waals surface area contributed by atoms with Gasteiger partial charge in [-0.15, -0.1) is 0 Å². The van der Waals surface area contributed by atoms with Crippen LogP contribution >= 0.6 is 27.5 Å². The Hall–Kier alpha value is -0.990. The summed E-state index contributed by atoms with van der Waals surface area (Å²) in [4.78, 5) is 8.90. The van der Waals surface area contributed by atoms with Crippen molar-refractivity contribution in [2.75, 3.05) is 6.54 Å². The van der Waals surface area contributed by atoms with Crippen molar-refractivity contribution in [1.29, 1.82) is 0 Å². The maximum atomic E-state index is 10.6. The molecule has 0 unspecified atom stereocenters. The molecule has 0 spiro atoms. The highest BCUT2D eigenvalue weighted by Crippen LogP contribution is 2.57. The van der Waals surface area contributed by atoms with Crippen LogP contribution in [0.1, 0.15) is 43.2 Å². The first-order chi connectivity index (χ1) is 12.6. The third-order valence-electron chi connectivity index (χ3n) is 6.02. The summed E-state index contributed by atoms with van der Waals surface area (Å²) in [6, 6.07) is 2.58. The highest BCUT2D eigenvalue weighted by Gasteiger charge is 2.52. The molecule has 4 rings (SSSR count). The van der Waals surface area contributed by atoms with Crippen LogP contribution < -0.4 is 5.32 Å². The first kappa shape index (κ1) is 20.7. The van der Waals surface area contributed by atoms with Crippen molar-refractivity contribution in [3.05, 3.63) is 26.7 Å². The number of halogens is 5. The van der Waals surface area contributed by atoms with E-state index in [4.69, 9.17) is 21.5 Å². The molecule has 2 fully saturated rings. The van der Waals surface area contributed by atoms with E-state index in [2.05, 4.69) is 21.2 Å². The summed E-state index contributed by atoms with van der Waals surface area (Å²) >= 11 is 9.82. The number of aromatic hydroxyl groups is 1. The van der Waals surface area contributed by atoms with Crippen LogP contribution in [0.2, 0.25) is 5.02 Å². The van der Waals surface area contributed by atoms with E-state index >= 15 is 0 Å². The first-order valence-electron chi connectivity index (χ1n) is 8.81. The van der Waals surface area contributed by atoms with Crippen molar-refractivity contribution in [2.24, 2.45) is 5.92 Å². The summed E-state index contributed by atoms with van der Waals surface area (Å²) in [6.07, 6.45) is 2.35.